The number of thioether (sulfide) groups is 1. The number of hydrogen-bond donors (Lipinski definition) is 1. The summed E-state index contributed by atoms with van der Waals surface area (Å²) in [4.78, 5) is 18.1. The van der Waals surface area contributed by atoms with Crippen molar-refractivity contribution in [2.45, 2.75) is 13.3 Å². The first-order valence-corrected chi connectivity index (χ1v) is 8.05. The number of likely N-dealkylation sites (tertiary alicyclic amines) is 1. The number of carbonyl (C=O) groups excluding carboxylic acids is 1. The predicted molar refractivity (Wildman–Crippen MR) is 96.0 cm³/mol. The first-order valence-electron chi connectivity index (χ1n) is 6.66. The second kappa shape index (κ2) is 10.5. The highest BCUT2D eigenvalue weighted by Gasteiger charge is 2.36. The van der Waals surface area contributed by atoms with Gasteiger partial charge in [0.1, 0.15) is 0 Å². The lowest BCUT2D eigenvalue weighted by atomic mass is 9.99. The first kappa shape index (κ1) is 19.8. The zero-order valence-electron chi connectivity index (χ0n) is 12.7. The van der Waals surface area contributed by atoms with Crippen LogP contribution >= 0.6 is 35.7 Å². The van der Waals surface area contributed by atoms with Crippen LogP contribution in [0.1, 0.15) is 13.3 Å². The van der Waals surface area contributed by atoms with E-state index in [-0.39, 0.29) is 35.9 Å². The van der Waals surface area contributed by atoms with Gasteiger partial charge < -0.3 is 15.0 Å². The Kier molecular flexibility index (Phi) is 10.4. The fourth-order valence-corrected chi connectivity index (χ4v) is 2.78. The molecule has 118 valence electrons. The van der Waals surface area contributed by atoms with E-state index in [1.54, 1.807) is 7.05 Å². The third-order valence-electron chi connectivity index (χ3n) is 3.44. The summed E-state index contributed by atoms with van der Waals surface area (Å²) in [7, 11) is 3.24. The van der Waals surface area contributed by atoms with Crippen molar-refractivity contribution in [2.75, 3.05) is 45.8 Å². The molecule has 20 heavy (non-hydrogen) atoms. The van der Waals surface area contributed by atoms with Crippen molar-refractivity contribution in [1.82, 2.24) is 10.2 Å². The smallest absolute Gasteiger partial charge is 0.310 e. The molecule has 0 saturated carbocycles. The number of aliphatic imine (C=N–C) groups is 1. The van der Waals surface area contributed by atoms with Gasteiger partial charge in [0.2, 0.25) is 0 Å². The third-order valence-corrected chi connectivity index (χ3v) is 4.13. The summed E-state index contributed by atoms with van der Waals surface area (Å²) in [5.41, 5.74) is 0. The second-order valence-corrected chi connectivity index (χ2v) is 5.82. The molecule has 7 heteroatoms. The molecular formula is C13H26IN3O2S. The van der Waals surface area contributed by atoms with E-state index in [0.29, 0.717) is 12.5 Å². The van der Waals surface area contributed by atoms with E-state index >= 15 is 0 Å². The molecule has 1 N–H and O–H groups in total. The third kappa shape index (κ3) is 5.67. The lowest BCUT2D eigenvalue weighted by Crippen LogP contribution is -2.41. The fourth-order valence-electron chi connectivity index (χ4n) is 2.35. The van der Waals surface area contributed by atoms with Crippen LogP contribution in [0.2, 0.25) is 0 Å². The molecule has 1 heterocycles. The van der Waals surface area contributed by atoms with Gasteiger partial charge in [0, 0.05) is 26.7 Å². The quantitative estimate of drug-likeness (QED) is 0.244. The van der Waals surface area contributed by atoms with Crippen molar-refractivity contribution in [3.05, 3.63) is 0 Å². The molecule has 0 amide bonds. The monoisotopic (exact) mass is 415 g/mol. The normalized spacial score (nSPS) is 22.4. The number of carbonyl (C=O) groups is 1. The van der Waals surface area contributed by atoms with E-state index in [1.807, 2.05) is 11.8 Å². The van der Waals surface area contributed by atoms with Crippen molar-refractivity contribution >= 4 is 47.7 Å². The average Bonchev–Trinajstić information content (AvgIpc) is 2.80. The summed E-state index contributed by atoms with van der Waals surface area (Å²) in [5.74, 6) is 2.17. The SMILES string of the molecule is CN=C(NCCCSC)N1CC(C)C(C(=O)OC)C1.I. The molecule has 0 spiro atoms. The van der Waals surface area contributed by atoms with Crippen LogP contribution in [0.15, 0.2) is 4.99 Å². The number of nitrogens with one attached hydrogen (secondary N) is 1. The highest BCUT2D eigenvalue weighted by atomic mass is 127. The van der Waals surface area contributed by atoms with Crippen molar-refractivity contribution in [1.29, 1.82) is 0 Å². The van der Waals surface area contributed by atoms with Gasteiger partial charge in [-0.25, -0.2) is 0 Å². The molecule has 2 unspecified atom stereocenters. The predicted octanol–water partition coefficient (Wildman–Crippen LogP) is 1.67. The minimum absolute atomic E-state index is 0. The number of methoxy groups -OCH3 is 1. The summed E-state index contributed by atoms with van der Waals surface area (Å²) in [6.07, 6.45) is 3.22. The maximum atomic E-state index is 11.7. The Hall–Kier alpha value is -0.180. The molecule has 1 aliphatic heterocycles. The lowest BCUT2D eigenvalue weighted by Gasteiger charge is -2.21. The van der Waals surface area contributed by atoms with E-state index in [1.165, 1.54) is 7.11 Å². The largest absolute Gasteiger partial charge is 0.469 e. The molecule has 2 atom stereocenters. The highest BCUT2D eigenvalue weighted by molar-refractivity contribution is 14.0. The average molecular weight is 415 g/mol. The summed E-state index contributed by atoms with van der Waals surface area (Å²) in [6, 6.07) is 0. The standard InChI is InChI=1S/C13H25N3O2S.HI/c1-10-8-16(9-11(10)12(17)18-3)13(14-2)15-6-5-7-19-4;/h10-11H,5-9H2,1-4H3,(H,14,15);1H. The van der Waals surface area contributed by atoms with Crippen molar-refractivity contribution in [3.63, 3.8) is 0 Å². The Balaban J connectivity index is 0.00000361. The van der Waals surface area contributed by atoms with E-state index in [4.69, 9.17) is 4.74 Å². The summed E-state index contributed by atoms with van der Waals surface area (Å²) >= 11 is 1.85. The van der Waals surface area contributed by atoms with Gasteiger partial charge in [-0.15, -0.1) is 24.0 Å². The molecular weight excluding hydrogens is 389 g/mol. The van der Waals surface area contributed by atoms with Crippen LogP contribution in [-0.2, 0) is 9.53 Å². The van der Waals surface area contributed by atoms with Crippen LogP contribution in [-0.4, -0.2) is 62.6 Å². The number of nitrogens with zero attached hydrogens (tertiary/aromatic N) is 2. The van der Waals surface area contributed by atoms with Gasteiger partial charge in [0.25, 0.3) is 0 Å². The Labute approximate surface area is 143 Å². The molecule has 0 aromatic rings. The molecule has 0 aliphatic carbocycles. The van der Waals surface area contributed by atoms with E-state index < -0.39 is 0 Å². The Morgan fingerprint density at radius 3 is 2.75 bits per heavy atom. The van der Waals surface area contributed by atoms with Crippen LogP contribution in [0, 0.1) is 11.8 Å². The van der Waals surface area contributed by atoms with Gasteiger partial charge in [0.05, 0.1) is 13.0 Å². The van der Waals surface area contributed by atoms with E-state index in [2.05, 4.69) is 28.4 Å². The first-order chi connectivity index (χ1) is 9.13. The molecule has 0 aromatic carbocycles. The molecule has 0 aromatic heterocycles. The van der Waals surface area contributed by atoms with Crippen LogP contribution in [0.5, 0.6) is 0 Å². The van der Waals surface area contributed by atoms with E-state index in [0.717, 1.165) is 31.2 Å². The molecule has 1 fully saturated rings. The zero-order valence-corrected chi connectivity index (χ0v) is 15.9. The Bertz CT molecular complexity index is 329. The zero-order chi connectivity index (χ0) is 14.3. The Morgan fingerprint density at radius 1 is 1.50 bits per heavy atom. The number of hydrogen-bond acceptors (Lipinski definition) is 4. The van der Waals surface area contributed by atoms with Gasteiger partial charge in [-0.05, 0) is 24.3 Å². The molecule has 1 rings (SSSR count). The topological polar surface area (TPSA) is 53.9 Å². The van der Waals surface area contributed by atoms with Gasteiger partial charge in [-0.1, -0.05) is 6.92 Å². The number of esters is 1. The number of guanidine groups is 1. The van der Waals surface area contributed by atoms with Crippen LogP contribution in [0.3, 0.4) is 0 Å². The number of ether oxygens (including phenoxy) is 1. The van der Waals surface area contributed by atoms with Crippen molar-refractivity contribution < 1.29 is 9.53 Å². The summed E-state index contributed by atoms with van der Waals surface area (Å²) in [5, 5.41) is 3.35. The number of halogens is 1. The van der Waals surface area contributed by atoms with Crippen LogP contribution in [0.25, 0.3) is 0 Å². The minimum atomic E-state index is -0.118. The molecule has 0 bridgehead atoms. The van der Waals surface area contributed by atoms with Crippen molar-refractivity contribution in [2.24, 2.45) is 16.8 Å². The maximum absolute atomic E-state index is 11.7. The van der Waals surface area contributed by atoms with Crippen molar-refractivity contribution in [3.8, 4) is 0 Å². The molecule has 1 aliphatic rings. The molecule has 1 saturated heterocycles. The maximum Gasteiger partial charge on any atom is 0.310 e. The molecule has 0 radical (unpaired) electrons. The second-order valence-electron chi connectivity index (χ2n) is 4.83. The van der Waals surface area contributed by atoms with Crippen LogP contribution in [0.4, 0.5) is 0 Å². The van der Waals surface area contributed by atoms with Gasteiger partial charge in [-0.2, -0.15) is 11.8 Å². The van der Waals surface area contributed by atoms with Crippen LogP contribution < -0.4 is 5.32 Å². The summed E-state index contributed by atoms with van der Waals surface area (Å²) in [6.45, 7) is 4.54. The molecule has 5 nitrogen and oxygen atoms in total. The van der Waals surface area contributed by atoms with Gasteiger partial charge in [-0.3, -0.25) is 9.79 Å². The van der Waals surface area contributed by atoms with Gasteiger partial charge >= 0.3 is 5.97 Å². The Morgan fingerprint density at radius 2 is 2.20 bits per heavy atom. The fraction of sp³-hybridized carbons (Fsp3) is 0.846. The van der Waals surface area contributed by atoms with E-state index in [9.17, 15) is 4.79 Å². The minimum Gasteiger partial charge on any atom is -0.469 e. The lowest BCUT2D eigenvalue weighted by molar-refractivity contribution is -0.145. The number of rotatable bonds is 5. The summed E-state index contributed by atoms with van der Waals surface area (Å²) < 4.78 is 4.85. The highest BCUT2D eigenvalue weighted by Crippen LogP contribution is 2.23. The van der Waals surface area contributed by atoms with Gasteiger partial charge in [0.15, 0.2) is 5.96 Å².